The van der Waals surface area contributed by atoms with E-state index in [1.54, 1.807) is 12.1 Å². The first-order valence-corrected chi connectivity index (χ1v) is 10.3. The number of nitrogens with zero attached hydrogens (tertiary/aromatic N) is 1. The summed E-state index contributed by atoms with van der Waals surface area (Å²) in [4.78, 5) is 36.2. The molecule has 1 aromatic carbocycles. The molecule has 1 aliphatic rings. The summed E-state index contributed by atoms with van der Waals surface area (Å²) >= 11 is 0. The number of hydrogen-bond donors (Lipinski definition) is 2. The van der Waals surface area contributed by atoms with E-state index in [-0.39, 0.29) is 19.5 Å². The van der Waals surface area contributed by atoms with Gasteiger partial charge in [0.15, 0.2) is 6.10 Å². The van der Waals surface area contributed by atoms with Gasteiger partial charge in [0.1, 0.15) is 0 Å². The van der Waals surface area contributed by atoms with Crippen molar-refractivity contribution in [3.05, 3.63) is 40.8 Å². The molecule has 152 valence electrons. The van der Waals surface area contributed by atoms with E-state index < -0.39 is 34.0 Å². The van der Waals surface area contributed by atoms with Crippen LogP contribution in [-0.2, 0) is 24.3 Å². The summed E-state index contributed by atoms with van der Waals surface area (Å²) in [6.07, 6.45) is 0.0676. The lowest BCUT2D eigenvalue weighted by Gasteiger charge is -2.18. The molecule has 1 saturated heterocycles. The van der Waals surface area contributed by atoms with E-state index in [0.717, 1.165) is 21.4 Å². The Morgan fingerprint density at radius 3 is 2.61 bits per heavy atom. The number of sulfonamides is 1. The van der Waals surface area contributed by atoms with E-state index in [1.165, 1.54) is 13.0 Å². The van der Waals surface area contributed by atoms with Gasteiger partial charge in [-0.1, -0.05) is 29.8 Å². The monoisotopic (exact) mass is 409 g/mol. The van der Waals surface area contributed by atoms with Gasteiger partial charge in [0.2, 0.25) is 10.0 Å². The molecule has 1 heterocycles. The van der Waals surface area contributed by atoms with Gasteiger partial charge in [-0.3, -0.25) is 14.5 Å². The molecule has 1 aromatic rings. The van der Waals surface area contributed by atoms with Crippen molar-refractivity contribution in [2.75, 3.05) is 19.6 Å². The number of urea groups is 1. The number of carbonyl (C=O) groups is 3. The number of carbonyl (C=O) groups excluding carboxylic acids is 3. The Bertz CT molecular complexity index is 864. The summed E-state index contributed by atoms with van der Waals surface area (Å²) in [5, 5.41) is 3.49. The number of imide groups is 1. The molecule has 28 heavy (non-hydrogen) atoms. The first kappa shape index (κ1) is 21.6. The van der Waals surface area contributed by atoms with E-state index >= 15 is 0 Å². The fourth-order valence-corrected chi connectivity index (χ4v) is 3.22. The van der Waals surface area contributed by atoms with Crippen LogP contribution in [0.4, 0.5) is 4.79 Å². The van der Waals surface area contributed by atoms with Crippen LogP contribution in [0, 0.1) is 6.92 Å². The van der Waals surface area contributed by atoms with Crippen LogP contribution in [0.3, 0.4) is 0 Å². The summed E-state index contributed by atoms with van der Waals surface area (Å²) in [5.41, 5.74) is 1.79. The normalized spacial score (nSPS) is 15.5. The van der Waals surface area contributed by atoms with Crippen LogP contribution < -0.4 is 10.0 Å². The van der Waals surface area contributed by atoms with Crippen molar-refractivity contribution < 1.29 is 27.5 Å². The average Bonchev–Trinajstić information content (AvgIpc) is 3.06. The Balaban J connectivity index is 1.76. The minimum Gasteiger partial charge on any atom is -0.452 e. The van der Waals surface area contributed by atoms with Crippen molar-refractivity contribution in [1.29, 1.82) is 0 Å². The van der Waals surface area contributed by atoms with Gasteiger partial charge in [-0.15, -0.1) is 0 Å². The molecule has 0 aromatic heterocycles. The maximum absolute atomic E-state index is 12.0. The third-order valence-corrected chi connectivity index (χ3v) is 5.03. The van der Waals surface area contributed by atoms with Gasteiger partial charge in [0.25, 0.3) is 5.91 Å². The quantitative estimate of drug-likeness (QED) is 0.611. The Labute approximate surface area is 163 Å². The number of hydrogen-bond acceptors (Lipinski definition) is 6. The van der Waals surface area contributed by atoms with Crippen LogP contribution in [0.2, 0.25) is 0 Å². The lowest BCUT2D eigenvalue weighted by atomic mass is 10.2. The summed E-state index contributed by atoms with van der Waals surface area (Å²) in [7, 11) is -3.72. The van der Waals surface area contributed by atoms with Gasteiger partial charge >= 0.3 is 12.0 Å². The van der Waals surface area contributed by atoms with Crippen molar-refractivity contribution in [3.63, 3.8) is 0 Å². The second kappa shape index (κ2) is 9.47. The van der Waals surface area contributed by atoms with Gasteiger partial charge in [-0.25, -0.2) is 17.9 Å². The molecule has 0 spiro atoms. The number of nitrogens with one attached hydrogen (secondary N) is 2. The van der Waals surface area contributed by atoms with E-state index in [0.29, 0.717) is 6.54 Å². The lowest BCUT2D eigenvalue weighted by molar-refractivity contribution is -0.157. The highest BCUT2D eigenvalue weighted by Crippen LogP contribution is 2.07. The molecule has 3 amide bonds. The molecule has 0 unspecified atom stereocenters. The third kappa shape index (κ3) is 6.46. The SMILES string of the molecule is Cc1ccc(/C=C/S(=O)(=O)NCCC(=O)O[C@@H](C)C(=O)N2CCNC2=O)cc1. The fourth-order valence-electron chi connectivity index (χ4n) is 2.40. The van der Waals surface area contributed by atoms with Gasteiger partial charge in [0.05, 0.1) is 6.42 Å². The standard InChI is InChI=1S/C18H23N3O6S/c1-13-3-5-15(6-4-13)8-12-28(25,26)20-9-7-16(22)27-14(2)17(23)21-11-10-19-18(21)24/h3-6,8,12,14,20H,7,9-11H2,1-2H3,(H,19,24)/b12-8+/t14-/m0/s1. The first-order chi connectivity index (χ1) is 13.2. The predicted octanol–water partition coefficient (Wildman–Crippen LogP) is 0.759. The zero-order chi connectivity index (χ0) is 20.7. The predicted molar refractivity (Wildman–Crippen MR) is 102 cm³/mol. The molecule has 0 bridgehead atoms. The van der Waals surface area contributed by atoms with Crippen LogP contribution in [0.5, 0.6) is 0 Å². The minimum atomic E-state index is -3.72. The number of esters is 1. The van der Waals surface area contributed by atoms with Crippen LogP contribution in [0.25, 0.3) is 6.08 Å². The van der Waals surface area contributed by atoms with Gasteiger partial charge in [-0.05, 0) is 25.5 Å². The van der Waals surface area contributed by atoms with E-state index in [9.17, 15) is 22.8 Å². The number of ether oxygens (including phenoxy) is 1. The molecule has 0 saturated carbocycles. The van der Waals surface area contributed by atoms with Gasteiger partial charge < -0.3 is 10.1 Å². The molecular weight excluding hydrogens is 386 g/mol. The van der Waals surface area contributed by atoms with Crippen LogP contribution in [0.15, 0.2) is 29.7 Å². The molecule has 1 atom stereocenters. The number of amides is 3. The molecule has 2 N–H and O–H groups in total. The Morgan fingerprint density at radius 2 is 2.00 bits per heavy atom. The van der Waals surface area contributed by atoms with Crippen molar-refractivity contribution in [1.82, 2.24) is 14.9 Å². The molecular formula is C18H23N3O6S. The van der Waals surface area contributed by atoms with Gasteiger partial charge in [0, 0.05) is 25.0 Å². The van der Waals surface area contributed by atoms with E-state index in [2.05, 4.69) is 10.0 Å². The molecule has 0 radical (unpaired) electrons. The van der Waals surface area contributed by atoms with Crippen LogP contribution in [-0.4, -0.2) is 57.0 Å². The summed E-state index contributed by atoms with van der Waals surface area (Å²) in [5.74, 6) is -1.37. The van der Waals surface area contributed by atoms with Crippen molar-refractivity contribution >= 4 is 34.0 Å². The van der Waals surface area contributed by atoms with Crippen molar-refractivity contribution in [2.45, 2.75) is 26.4 Å². The first-order valence-electron chi connectivity index (χ1n) is 8.71. The summed E-state index contributed by atoms with van der Waals surface area (Å²) in [6, 6.07) is 6.78. The van der Waals surface area contributed by atoms with Crippen LogP contribution >= 0.6 is 0 Å². The maximum atomic E-state index is 12.0. The largest absolute Gasteiger partial charge is 0.452 e. The van der Waals surface area contributed by atoms with Crippen molar-refractivity contribution in [2.24, 2.45) is 0 Å². The van der Waals surface area contributed by atoms with Gasteiger partial charge in [-0.2, -0.15) is 0 Å². The van der Waals surface area contributed by atoms with E-state index in [1.807, 2.05) is 19.1 Å². The Morgan fingerprint density at radius 1 is 1.32 bits per heavy atom. The third-order valence-electron chi connectivity index (χ3n) is 3.93. The topological polar surface area (TPSA) is 122 Å². The highest BCUT2D eigenvalue weighted by atomic mass is 32.2. The molecule has 1 aliphatic heterocycles. The number of rotatable bonds is 8. The summed E-state index contributed by atoms with van der Waals surface area (Å²) in [6.45, 7) is 3.68. The zero-order valence-electron chi connectivity index (χ0n) is 15.7. The van der Waals surface area contributed by atoms with E-state index in [4.69, 9.17) is 4.74 Å². The molecule has 9 nitrogen and oxygen atoms in total. The fraction of sp³-hybridized carbons (Fsp3) is 0.389. The number of aryl methyl sites for hydroxylation is 1. The highest BCUT2D eigenvalue weighted by molar-refractivity contribution is 7.92. The smallest absolute Gasteiger partial charge is 0.324 e. The second-order valence-electron chi connectivity index (χ2n) is 6.26. The summed E-state index contributed by atoms with van der Waals surface area (Å²) < 4.78 is 31.1. The second-order valence-corrected chi connectivity index (χ2v) is 7.91. The minimum absolute atomic E-state index is 0.176. The Kier molecular flexibility index (Phi) is 7.30. The highest BCUT2D eigenvalue weighted by Gasteiger charge is 2.31. The molecule has 0 aliphatic carbocycles. The maximum Gasteiger partial charge on any atom is 0.324 e. The van der Waals surface area contributed by atoms with Crippen LogP contribution in [0.1, 0.15) is 24.5 Å². The zero-order valence-corrected chi connectivity index (χ0v) is 16.5. The molecule has 2 rings (SSSR count). The van der Waals surface area contributed by atoms with Crippen molar-refractivity contribution in [3.8, 4) is 0 Å². The molecule has 1 fully saturated rings. The average molecular weight is 409 g/mol. The lowest BCUT2D eigenvalue weighted by Crippen LogP contribution is -2.42. The number of benzene rings is 1. The molecule has 10 heteroatoms. The Hall–Kier alpha value is -2.72.